The van der Waals surface area contributed by atoms with Gasteiger partial charge in [-0.25, -0.2) is 0 Å². The van der Waals surface area contributed by atoms with Gasteiger partial charge in [-0.1, -0.05) is 13.8 Å². The van der Waals surface area contributed by atoms with E-state index in [1.54, 1.807) is 0 Å². The van der Waals surface area contributed by atoms with E-state index in [1.807, 2.05) is 11.8 Å². The number of hydrogen-bond acceptors (Lipinski definition) is 5. The lowest BCUT2D eigenvalue weighted by atomic mass is 9.98. The van der Waals surface area contributed by atoms with E-state index in [2.05, 4.69) is 37.5 Å². The molecule has 1 N–H and O–H groups in total. The molecule has 2 rings (SSSR count). The van der Waals surface area contributed by atoms with Crippen molar-refractivity contribution in [2.45, 2.75) is 59.0 Å². The zero-order valence-electron chi connectivity index (χ0n) is 15.9. The third kappa shape index (κ3) is 5.15. The first-order valence-electron chi connectivity index (χ1n) is 9.36. The van der Waals surface area contributed by atoms with Gasteiger partial charge in [-0.05, 0) is 26.7 Å². The number of piperazine rings is 1. The van der Waals surface area contributed by atoms with Crippen LogP contribution in [0.15, 0.2) is 0 Å². The van der Waals surface area contributed by atoms with Gasteiger partial charge in [-0.3, -0.25) is 14.6 Å². The van der Waals surface area contributed by atoms with Gasteiger partial charge in [0.2, 0.25) is 5.91 Å². The molecule has 1 amide bonds. The summed E-state index contributed by atoms with van der Waals surface area (Å²) in [7, 11) is 0. The van der Waals surface area contributed by atoms with Crippen LogP contribution in [0.3, 0.4) is 0 Å². The second-order valence-electron chi connectivity index (χ2n) is 7.87. The fourth-order valence-electron chi connectivity index (χ4n) is 4.02. The summed E-state index contributed by atoms with van der Waals surface area (Å²) < 4.78 is 5.83. The Balaban J connectivity index is 1.97. The minimum Gasteiger partial charge on any atom is -0.392 e. The monoisotopic (exact) mass is 341 g/mol. The second-order valence-corrected chi connectivity index (χ2v) is 7.87. The highest BCUT2D eigenvalue weighted by molar-refractivity contribution is 5.82. The molecule has 6 heteroatoms. The van der Waals surface area contributed by atoms with Gasteiger partial charge < -0.3 is 14.7 Å². The van der Waals surface area contributed by atoms with E-state index in [0.29, 0.717) is 6.54 Å². The van der Waals surface area contributed by atoms with Gasteiger partial charge in [-0.15, -0.1) is 0 Å². The van der Waals surface area contributed by atoms with Crippen molar-refractivity contribution >= 4 is 5.91 Å². The third-order valence-corrected chi connectivity index (χ3v) is 4.93. The number of hydrogen-bond donors (Lipinski definition) is 1. The lowest BCUT2D eigenvalue weighted by Gasteiger charge is -2.44. The molecule has 0 saturated carbocycles. The lowest BCUT2D eigenvalue weighted by Crippen LogP contribution is -2.60. The number of ether oxygens (including phenoxy) is 1. The average Bonchev–Trinajstić information content (AvgIpc) is 2.46. The number of morpholine rings is 1. The van der Waals surface area contributed by atoms with Crippen molar-refractivity contribution in [3.8, 4) is 0 Å². The van der Waals surface area contributed by atoms with Gasteiger partial charge in [-0.2, -0.15) is 0 Å². The standard InChI is InChI=1S/C18H35N3O3/c1-13(2)17(21-11-15(4)24-16(5)12-21)18(23)20-8-6-19(7-9-20)10-14(3)22/h13-17,22H,6-12H2,1-5H3. The second kappa shape index (κ2) is 8.61. The molecule has 2 aliphatic rings. The minimum absolute atomic E-state index is 0.0675. The van der Waals surface area contributed by atoms with Gasteiger partial charge in [0.05, 0.1) is 24.4 Å². The van der Waals surface area contributed by atoms with E-state index in [-0.39, 0.29) is 36.2 Å². The molecule has 2 fully saturated rings. The van der Waals surface area contributed by atoms with E-state index in [0.717, 1.165) is 39.3 Å². The molecule has 24 heavy (non-hydrogen) atoms. The maximum Gasteiger partial charge on any atom is 0.240 e. The summed E-state index contributed by atoms with van der Waals surface area (Å²) in [5.74, 6) is 0.536. The summed E-state index contributed by atoms with van der Waals surface area (Å²) >= 11 is 0. The van der Waals surface area contributed by atoms with E-state index in [1.165, 1.54) is 0 Å². The Labute approximate surface area is 146 Å². The highest BCUT2D eigenvalue weighted by Gasteiger charge is 2.37. The van der Waals surface area contributed by atoms with Gasteiger partial charge in [0, 0.05) is 45.8 Å². The Morgan fingerprint density at radius 1 is 1.08 bits per heavy atom. The Kier molecular flexibility index (Phi) is 7.04. The molecule has 0 aromatic carbocycles. The van der Waals surface area contributed by atoms with Crippen LogP contribution in [0.4, 0.5) is 0 Å². The summed E-state index contributed by atoms with van der Waals surface area (Å²) in [6.45, 7) is 15.8. The predicted octanol–water partition coefficient (Wildman–Crippen LogP) is 0.645. The van der Waals surface area contributed by atoms with Gasteiger partial charge in [0.15, 0.2) is 0 Å². The Morgan fingerprint density at radius 2 is 1.62 bits per heavy atom. The molecule has 0 radical (unpaired) electrons. The van der Waals surface area contributed by atoms with Crippen molar-refractivity contribution in [2.75, 3.05) is 45.8 Å². The maximum atomic E-state index is 13.2. The molecule has 6 nitrogen and oxygen atoms in total. The van der Waals surface area contributed by atoms with Gasteiger partial charge >= 0.3 is 0 Å². The molecular formula is C18H35N3O3. The molecule has 140 valence electrons. The molecule has 2 heterocycles. The number of nitrogens with zero attached hydrogens (tertiary/aromatic N) is 3. The van der Waals surface area contributed by atoms with Crippen LogP contribution in [-0.4, -0.2) is 95.9 Å². The summed E-state index contributed by atoms with van der Waals surface area (Å²) in [5.41, 5.74) is 0. The molecule has 0 aliphatic carbocycles. The molecule has 0 spiro atoms. The molecule has 0 aromatic rings. The van der Waals surface area contributed by atoms with Crippen molar-refractivity contribution in [3.05, 3.63) is 0 Å². The SMILES string of the molecule is CC(O)CN1CCN(C(=O)C(C(C)C)N2CC(C)OC(C)C2)CC1. The van der Waals surface area contributed by atoms with Crippen LogP contribution < -0.4 is 0 Å². The zero-order valence-corrected chi connectivity index (χ0v) is 15.9. The topological polar surface area (TPSA) is 56.2 Å². The van der Waals surface area contributed by atoms with Crippen molar-refractivity contribution in [2.24, 2.45) is 5.92 Å². The lowest BCUT2D eigenvalue weighted by molar-refractivity contribution is -0.147. The maximum absolute atomic E-state index is 13.2. The van der Waals surface area contributed by atoms with E-state index < -0.39 is 0 Å². The largest absolute Gasteiger partial charge is 0.392 e. The van der Waals surface area contributed by atoms with Crippen molar-refractivity contribution in [3.63, 3.8) is 0 Å². The Hall–Kier alpha value is -0.690. The van der Waals surface area contributed by atoms with Crippen molar-refractivity contribution in [1.82, 2.24) is 14.7 Å². The number of carbonyl (C=O) groups is 1. The molecule has 0 aromatic heterocycles. The normalized spacial score (nSPS) is 29.7. The highest BCUT2D eigenvalue weighted by atomic mass is 16.5. The van der Waals surface area contributed by atoms with Crippen molar-refractivity contribution < 1.29 is 14.6 Å². The van der Waals surface area contributed by atoms with Gasteiger partial charge in [0.1, 0.15) is 0 Å². The molecular weight excluding hydrogens is 306 g/mol. The van der Waals surface area contributed by atoms with Crippen LogP contribution in [0.2, 0.25) is 0 Å². The predicted molar refractivity (Wildman–Crippen MR) is 94.9 cm³/mol. The van der Waals surface area contributed by atoms with Crippen LogP contribution in [0.25, 0.3) is 0 Å². The van der Waals surface area contributed by atoms with Crippen LogP contribution in [0, 0.1) is 5.92 Å². The first-order valence-corrected chi connectivity index (χ1v) is 9.36. The number of carbonyl (C=O) groups excluding carboxylic acids is 1. The smallest absolute Gasteiger partial charge is 0.240 e. The number of rotatable bonds is 5. The number of aliphatic hydroxyl groups excluding tert-OH is 1. The molecule has 2 saturated heterocycles. The summed E-state index contributed by atoms with van der Waals surface area (Å²) in [6.07, 6.45) is 0.0309. The van der Waals surface area contributed by atoms with Gasteiger partial charge in [0.25, 0.3) is 0 Å². The summed E-state index contributed by atoms with van der Waals surface area (Å²) in [6, 6.07) is -0.0675. The summed E-state index contributed by atoms with van der Waals surface area (Å²) in [5, 5.41) is 9.52. The zero-order chi connectivity index (χ0) is 17.9. The number of aliphatic hydroxyl groups is 1. The van der Waals surface area contributed by atoms with E-state index in [9.17, 15) is 9.90 Å². The first-order chi connectivity index (χ1) is 11.3. The Bertz CT molecular complexity index is 398. The average molecular weight is 341 g/mol. The first kappa shape index (κ1) is 19.6. The van der Waals surface area contributed by atoms with E-state index in [4.69, 9.17) is 4.74 Å². The highest BCUT2D eigenvalue weighted by Crippen LogP contribution is 2.21. The van der Waals surface area contributed by atoms with Crippen LogP contribution in [0.1, 0.15) is 34.6 Å². The van der Waals surface area contributed by atoms with Crippen LogP contribution in [-0.2, 0) is 9.53 Å². The minimum atomic E-state index is -0.313. The quantitative estimate of drug-likeness (QED) is 0.796. The van der Waals surface area contributed by atoms with Crippen LogP contribution in [0.5, 0.6) is 0 Å². The fraction of sp³-hybridized carbons (Fsp3) is 0.944. The Morgan fingerprint density at radius 3 is 2.08 bits per heavy atom. The van der Waals surface area contributed by atoms with Crippen LogP contribution >= 0.6 is 0 Å². The number of β-amino-alcohol motifs (C(OH)–C–C–N with tert-alkyl or cyclic N) is 1. The fourth-order valence-corrected chi connectivity index (χ4v) is 4.02. The molecule has 2 aliphatic heterocycles. The van der Waals surface area contributed by atoms with E-state index >= 15 is 0 Å². The number of amides is 1. The van der Waals surface area contributed by atoms with Crippen molar-refractivity contribution in [1.29, 1.82) is 0 Å². The third-order valence-electron chi connectivity index (χ3n) is 4.93. The molecule has 4 unspecified atom stereocenters. The molecule has 4 atom stereocenters. The molecule has 0 bridgehead atoms. The summed E-state index contributed by atoms with van der Waals surface area (Å²) in [4.78, 5) is 19.7.